The van der Waals surface area contributed by atoms with Gasteiger partial charge in [-0.25, -0.2) is 0 Å². The second-order valence-electron chi connectivity index (χ2n) is 4.95. The number of hydrogen-bond acceptors (Lipinski definition) is 4. The Morgan fingerprint density at radius 2 is 2.19 bits per heavy atom. The van der Waals surface area contributed by atoms with E-state index in [9.17, 15) is 5.11 Å². The van der Waals surface area contributed by atoms with Crippen LogP contribution in [0.15, 0.2) is 18.5 Å². The Balaban J connectivity index is 1.79. The zero-order valence-corrected chi connectivity index (χ0v) is 9.21. The molecule has 2 heterocycles. The van der Waals surface area contributed by atoms with Crippen LogP contribution in [0.1, 0.15) is 12.8 Å². The second-order valence-corrected chi connectivity index (χ2v) is 4.95. The summed E-state index contributed by atoms with van der Waals surface area (Å²) in [6, 6.07) is 1.96. The van der Waals surface area contributed by atoms with Crippen molar-refractivity contribution in [2.24, 2.45) is 11.8 Å². The molecular formula is C12H17N3O. The zero-order chi connectivity index (χ0) is 11.1. The van der Waals surface area contributed by atoms with Crippen molar-refractivity contribution < 1.29 is 5.11 Å². The second kappa shape index (κ2) is 3.63. The van der Waals surface area contributed by atoms with Gasteiger partial charge in [0.2, 0.25) is 0 Å². The molecule has 86 valence electrons. The largest absolute Gasteiger partial charge is 0.397 e. The SMILES string of the molecule is Nc1cncc(N2CC3CCC(O)C3C2)c1. The quantitative estimate of drug-likeness (QED) is 0.735. The van der Waals surface area contributed by atoms with E-state index in [-0.39, 0.29) is 6.10 Å². The number of pyridine rings is 1. The van der Waals surface area contributed by atoms with Gasteiger partial charge < -0.3 is 15.7 Å². The van der Waals surface area contributed by atoms with Gasteiger partial charge in [-0.3, -0.25) is 4.98 Å². The lowest BCUT2D eigenvalue weighted by Gasteiger charge is -2.20. The maximum absolute atomic E-state index is 9.85. The molecule has 0 amide bonds. The minimum absolute atomic E-state index is 0.107. The van der Waals surface area contributed by atoms with Gasteiger partial charge in [0.15, 0.2) is 0 Å². The Kier molecular flexibility index (Phi) is 2.24. The van der Waals surface area contributed by atoms with Gasteiger partial charge in [0, 0.05) is 25.2 Å². The molecule has 0 spiro atoms. The molecule has 3 N–H and O–H groups in total. The van der Waals surface area contributed by atoms with Crippen molar-refractivity contribution >= 4 is 11.4 Å². The molecule has 3 unspecified atom stereocenters. The van der Waals surface area contributed by atoms with Crippen molar-refractivity contribution in [3.05, 3.63) is 18.5 Å². The highest BCUT2D eigenvalue weighted by molar-refractivity contribution is 5.54. The Morgan fingerprint density at radius 1 is 1.31 bits per heavy atom. The number of nitrogens with zero attached hydrogens (tertiary/aromatic N) is 2. The average Bonchev–Trinajstić information content (AvgIpc) is 2.81. The van der Waals surface area contributed by atoms with Crippen LogP contribution in [0.25, 0.3) is 0 Å². The fourth-order valence-electron chi connectivity index (χ4n) is 3.07. The van der Waals surface area contributed by atoms with Crippen LogP contribution in [0, 0.1) is 11.8 Å². The van der Waals surface area contributed by atoms with Crippen molar-refractivity contribution in [2.75, 3.05) is 23.7 Å². The third-order valence-electron chi connectivity index (χ3n) is 3.93. The first kappa shape index (κ1) is 9.90. The summed E-state index contributed by atoms with van der Waals surface area (Å²) >= 11 is 0. The molecule has 3 atom stereocenters. The average molecular weight is 219 g/mol. The van der Waals surface area contributed by atoms with E-state index in [4.69, 9.17) is 5.73 Å². The monoisotopic (exact) mass is 219 g/mol. The molecule has 1 aliphatic heterocycles. The number of fused-ring (bicyclic) bond motifs is 1. The predicted molar refractivity (Wildman–Crippen MR) is 63.1 cm³/mol. The van der Waals surface area contributed by atoms with Gasteiger partial charge in [0.1, 0.15) is 0 Å². The normalized spacial score (nSPS) is 33.1. The van der Waals surface area contributed by atoms with E-state index in [1.807, 2.05) is 12.3 Å². The first-order valence-corrected chi connectivity index (χ1v) is 5.87. The number of rotatable bonds is 1. The van der Waals surface area contributed by atoms with Crippen molar-refractivity contribution in [1.82, 2.24) is 4.98 Å². The van der Waals surface area contributed by atoms with Gasteiger partial charge in [-0.2, -0.15) is 0 Å². The van der Waals surface area contributed by atoms with Crippen LogP contribution in [0.5, 0.6) is 0 Å². The lowest BCUT2D eigenvalue weighted by molar-refractivity contribution is 0.133. The number of hydrogen-bond donors (Lipinski definition) is 2. The summed E-state index contributed by atoms with van der Waals surface area (Å²) in [5, 5.41) is 9.85. The first-order chi connectivity index (χ1) is 7.74. The topological polar surface area (TPSA) is 62.4 Å². The number of aliphatic hydroxyl groups is 1. The molecule has 2 fully saturated rings. The predicted octanol–water partition coefficient (Wildman–Crippen LogP) is 0.871. The van der Waals surface area contributed by atoms with Gasteiger partial charge in [0.25, 0.3) is 0 Å². The third-order valence-corrected chi connectivity index (χ3v) is 3.93. The van der Waals surface area contributed by atoms with Crippen LogP contribution >= 0.6 is 0 Å². The van der Waals surface area contributed by atoms with Gasteiger partial charge in [0.05, 0.1) is 23.7 Å². The molecule has 16 heavy (non-hydrogen) atoms. The fourth-order valence-corrected chi connectivity index (χ4v) is 3.07. The van der Waals surface area contributed by atoms with Gasteiger partial charge in [-0.1, -0.05) is 0 Å². The molecule has 1 saturated carbocycles. The summed E-state index contributed by atoms with van der Waals surface area (Å²) in [6.45, 7) is 1.98. The molecule has 0 radical (unpaired) electrons. The molecule has 4 heteroatoms. The molecule has 2 aliphatic rings. The minimum atomic E-state index is -0.107. The molecule has 1 aromatic heterocycles. The standard InChI is InChI=1S/C12H17N3O/c13-9-3-10(5-14-4-9)15-6-8-1-2-12(16)11(8)7-15/h3-5,8,11-12,16H,1-2,6-7,13H2. The maximum Gasteiger partial charge on any atom is 0.0588 e. The number of aromatic nitrogens is 1. The smallest absolute Gasteiger partial charge is 0.0588 e. The van der Waals surface area contributed by atoms with Gasteiger partial charge in [-0.05, 0) is 24.8 Å². The number of aliphatic hydroxyl groups excluding tert-OH is 1. The summed E-state index contributed by atoms with van der Waals surface area (Å²) < 4.78 is 0. The van der Waals surface area contributed by atoms with E-state index >= 15 is 0 Å². The van der Waals surface area contributed by atoms with Crippen LogP contribution in [-0.4, -0.2) is 29.3 Å². The number of nitrogen functional groups attached to an aromatic ring is 1. The van der Waals surface area contributed by atoms with E-state index in [2.05, 4.69) is 9.88 Å². The van der Waals surface area contributed by atoms with E-state index < -0.39 is 0 Å². The Labute approximate surface area is 95.1 Å². The van der Waals surface area contributed by atoms with Crippen LogP contribution in [0.3, 0.4) is 0 Å². The van der Waals surface area contributed by atoms with Gasteiger partial charge >= 0.3 is 0 Å². The van der Waals surface area contributed by atoms with E-state index in [0.717, 1.165) is 31.6 Å². The van der Waals surface area contributed by atoms with E-state index in [1.54, 1.807) is 6.20 Å². The summed E-state index contributed by atoms with van der Waals surface area (Å²) in [7, 11) is 0. The molecule has 0 bridgehead atoms. The maximum atomic E-state index is 9.85. The molecule has 1 aromatic rings. The van der Waals surface area contributed by atoms with Crippen LogP contribution in [0.4, 0.5) is 11.4 Å². The highest BCUT2D eigenvalue weighted by atomic mass is 16.3. The molecule has 4 nitrogen and oxygen atoms in total. The lowest BCUT2D eigenvalue weighted by Crippen LogP contribution is -2.24. The lowest BCUT2D eigenvalue weighted by atomic mass is 10.00. The van der Waals surface area contributed by atoms with Crippen LogP contribution in [-0.2, 0) is 0 Å². The summed E-state index contributed by atoms with van der Waals surface area (Å²) in [5.41, 5.74) is 7.52. The van der Waals surface area contributed by atoms with Crippen molar-refractivity contribution in [2.45, 2.75) is 18.9 Å². The summed E-state index contributed by atoms with van der Waals surface area (Å²) in [6.07, 6.45) is 5.53. The first-order valence-electron chi connectivity index (χ1n) is 5.87. The minimum Gasteiger partial charge on any atom is -0.397 e. The molecular weight excluding hydrogens is 202 g/mol. The summed E-state index contributed by atoms with van der Waals surface area (Å²) in [4.78, 5) is 6.41. The fraction of sp³-hybridized carbons (Fsp3) is 0.583. The highest BCUT2D eigenvalue weighted by Gasteiger charge is 2.41. The molecule has 0 aromatic carbocycles. The van der Waals surface area contributed by atoms with Crippen molar-refractivity contribution in [1.29, 1.82) is 0 Å². The Hall–Kier alpha value is -1.29. The highest BCUT2D eigenvalue weighted by Crippen LogP contribution is 2.39. The molecule has 1 aliphatic carbocycles. The summed E-state index contributed by atoms with van der Waals surface area (Å²) in [5.74, 6) is 1.10. The van der Waals surface area contributed by atoms with Crippen molar-refractivity contribution in [3.8, 4) is 0 Å². The zero-order valence-electron chi connectivity index (χ0n) is 9.21. The molecule has 1 saturated heterocycles. The van der Waals surface area contributed by atoms with Crippen molar-refractivity contribution in [3.63, 3.8) is 0 Å². The van der Waals surface area contributed by atoms with Crippen LogP contribution in [0.2, 0.25) is 0 Å². The number of nitrogens with two attached hydrogens (primary N) is 1. The Morgan fingerprint density at radius 3 is 2.94 bits per heavy atom. The van der Waals surface area contributed by atoms with E-state index in [1.165, 1.54) is 0 Å². The molecule has 3 rings (SSSR count). The Bertz CT molecular complexity index is 396. The van der Waals surface area contributed by atoms with Crippen LogP contribution < -0.4 is 10.6 Å². The van der Waals surface area contributed by atoms with Gasteiger partial charge in [-0.15, -0.1) is 0 Å². The number of anilines is 2. The van der Waals surface area contributed by atoms with E-state index in [0.29, 0.717) is 17.5 Å². The third kappa shape index (κ3) is 1.53.